The predicted octanol–water partition coefficient (Wildman–Crippen LogP) is 7.39. The molecule has 0 spiro atoms. The number of carbonyl (C=O) groups is 2. The summed E-state index contributed by atoms with van der Waals surface area (Å²) in [6.45, 7) is 15.3. The molecule has 1 saturated heterocycles. The van der Waals surface area contributed by atoms with Crippen molar-refractivity contribution in [2.24, 2.45) is 11.8 Å². The normalized spacial score (nSPS) is 18.5. The number of anilines is 1. The zero-order valence-corrected chi connectivity index (χ0v) is 29.0. The maximum absolute atomic E-state index is 14.2. The number of nitrogens with one attached hydrogen (secondary N) is 2. The molecular weight excluding hydrogens is 603 g/mol. The summed E-state index contributed by atoms with van der Waals surface area (Å²) in [4.78, 5) is 28.4. The van der Waals surface area contributed by atoms with Crippen molar-refractivity contribution in [1.82, 2.24) is 14.6 Å². The molecule has 11 heteroatoms. The van der Waals surface area contributed by atoms with Crippen LogP contribution in [0.5, 0.6) is 0 Å². The molecule has 8 nitrogen and oxygen atoms in total. The van der Waals surface area contributed by atoms with E-state index in [9.17, 15) is 18.2 Å². The number of alkyl halides is 1. The number of amides is 2. The number of rotatable bonds is 9. The second-order valence-electron chi connectivity index (χ2n) is 13.4. The second-order valence-corrected chi connectivity index (χ2v) is 15.3. The molecule has 0 bridgehead atoms. The summed E-state index contributed by atoms with van der Waals surface area (Å²) in [5.74, 6) is 0.769. The number of likely N-dealkylation sites (tertiary alicyclic amines) is 1. The topological polar surface area (TPSA) is 101 Å². The van der Waals surface area contributed by atoms with Crippen molar-refractivity contribution in [3.63, 3.8) is 0 Å². The molecule has 1 aromatic heterocycles. The average Bonchev–Trinajstić information content (AvgIpc) is 3.70. The number of carbonyl (C=O) groups excluding carboxylic acids is 2. The van der Waals surface area contributed by atoms with Gasteiger partial charge in [-0.05, 0) is 108 Å². The van der Waals surface area contributed by atoms with Crippen molar-refractivity contribution in [3.8, 4) is 0 Å². The fourth-order valence-electron chi connectivity index (χ4n) is 4.79. The van der Waals surface area contributed by atoms with Crippen LogP contribution in [0.2, 0.25) is 0 Å². The van der Waals surface area contributed by atoms with Crippen molar-refractivity contribution >= 4 is 40.8 Å². The number of hydrogen-bond donors (Lipinski definition) is 2. The SMILES string of the molecule is CC(C)(C)S(=O)NC(CCC1CC1)(c1ccncc1)c1ccc(F)c(NC=O)c1.CC1CCN(C(=O)OC(C)(C)C)C1.CCl. The van der Waals surface area contributed by atoms with Crippen LogP contribution >= 0.6 is 11.6 Å². The minimum absolute atomic E-state index is 0.102. The van der Waals surface area contributed by atoms with Gasteiger partial charge >= 0.3 is 6.09 Å². The van der Waals surface area contributed by atoms with Crippen molar-refractivity contribution < 1.29 is 22.9 Å². The maximum atomic E-state index is 14.2. The monoisotopic (exact) mass is 652 g/mol. The molecule has 2 fully saturated rings. The zero-order chi connectivity index (χ0) is 33.1. The molecule has 1 saturated carbocycles. The van der Waals surface area contributed by atoms with Crippen molar-refractivity contribution in [2.45, 2.75) is 96.5 Å². The van der Waals surface area contributed by atoms with Gasteiger partial charge in [-0.25, -0.2) is 18.1 Å². The van der Waals surface area contributed by atoms with Crippen LogP contribution in [0.15, 0.2) is 42.7 Å². The fourth-order valence-corrected chi connectivity index (χ4v) is 5.75. The molecule has 1 aliphatic carbocycles. The third-order valence-electron chi connectivity index (χ3n) is 7.37. The van der Waals surface area contributed by atoms with E-state index in [4.69, 9.17) is 4.74 Å². The Bertz CT molecular complexity index is 1230. The molecule has 3 atom stereocenters. The predicted molar refractivity (Wildman–Crippen MR) is 177 cm³/mol. The highest BCUT2D eigenvalue weighted by molar-refractivity contribution is 7.84. The van der Waals surface area contributed by atoms with E-state index in [1.54, 1.807) is 29.4 Å². The molecule has 2 aromatic rings. The van der Waals surface area contributed by atoms with E-state index >= 15 is 0 Å². The first-order valence-corrected chi connectivity index (χ1v) is 17.0. The molecule has 246 valence electrons. The Balaban J connectivity index is 0.000000376. The van der Waals surface area contributed by atoms with Gasteiger partial charge in [0.1, 0.15) is 11.4 Å². The third kappa shape index (κ3) is 11.4. The average molecular weight is 653 g/mol. The van der Waals surface area contributed by atoms with Gasteiger partial charge < -0.3 is 15.0 Å². The quantitative estimate of drug-likeness (QED) is 0.217. The number of halogens is 2. The molecule has 1 aromatic carbocycles. The van der Waals surface area contributed by atoms with Gasteiger partial charge in [0.25, 0.3) is 0 Å². The van der Waals surface area contributed by atoms with Crippen LogP contribution in [0.4, 0.5) is 14.9 Å². The minimum atomic E-state index is -1.37. The van der Waals surface area contributed by atoms with Gasteiger partial charge in [0.2, 0.25) is 6.41 Å². The first-order chi connectivity index (χ1) is 20.6. The summed E-state index contributed by atoms with van der Waals surface area (Å²) in [6, 6.07) is 8.47. The highest BCUT2D eigenvalue weighted by atomic mass is 35.5. The van der Waals surface area contributed by atoms with E-state index in [1.807, 2.05) is 53.7 Å². The van der Waals surface area contributed by atoms with Gasteiger partial charge in [-0.3, -0.25) is 9.78 Å². The number of hydrogen-bond acceptors (Lipinski definition) is 5. The molecule has 3 unspecified atom stereocenters. The number of nitrogens with zero attached hydrogens (tertiary/aromatic N) is 2. The molecular formula is C33H50ClFN4O4S. The highest BCUT2D eigenvalue weighted by Gasteiger charge is 2.40. The van der Waals surface area contributed by atoms with Crippen LogP contribution in [-0.4, -0.2) is 56.4 Å². The Morgan fingerprint density at radius 1 is 1.09 bits per heavy atom. The minimum Gasteiger partial charge on any atom is -0.444 e. The molecule has 1 aliphatic heterocycles. The van der Waals surface area contributed by atoms with Crippen molar-refractivity contribution in [2.75, 3.05) is 24.8 Å². The maximum Gasteiger partial charge on any atom is 0.410 e. The Hall–Kier alpha value is -2.56. The number of benzene rings is 1. The Labute approximate surface area is 270 Å². The van der Waals surface area contributed by atoms with Gasteiger partial charge in [-0.1, -0.05) is 25.8 Å². The lowest BCUT2D eigenvalue weighted by atomic mass is 9.79. The van der Waals surface area contributed by atoms with E-state index in [-0.39, 0.29) is 17.4 Å². The van der Waals surface area contributed by atoms with Gasteiger partial charge in [0.15, 0.2) is 0 Å². The lowest BCUT2D eigenvalue weighted by Crippen LogP contribution is -2.49. The molecule has 2 aliphatic rings. The summed E-state index contributed by atoms with van der Waals surface area (Å²) < 4.78 is 35.6. The number of ether oxygens (including phenoxy) is 1. The third-order valence-corrected chi connectivity index (χ3v) is 9.02. The van der Waals surface area contributed by atoms with E-state index in [0.717, 1.165) is 37.1 Å². The van der Waals surface area contributed by atoms with Gasteiger partial charge in [-0.2, -0.15) is 0 Å². The summed E-state index contributed by atoms with van der Waals surface area (Å²) in [6.07, 6.45) is 10.3. The summed E-state index contributed by atoms with van der Waals surface area (Å²) in [5, 5.41) is 2.43. The molecule has 0 radical (unpaired) electrons. The molecule has 44 heavy (non-hydrogen) atoms. The number of aromatic nitrogens is 1. The summed E-state index contributed by atoms with van der Waals surface area (Å²) in [7, 11) is -1.37. The Kier molecular flexibility index (Phi) is 14.3. The second kappa shape index (κ2) is 16.7. The van der Waals surface area contributed by atoms with Crippen LogP contribution < -0.4 is 10.0 Å². The van der Waals surface area contributed by atoms with E-state index in [2.05, 4.69) is 33.5 Å². The van der Waals surface area contributed by atoms with Crippen molar-refractivity contribution in [1.29, 1.82) is 0 Å². The molecule has 2 N–H and O–H groups in total. The van der Waals surface area contributed by atoms with Gasteiger partial charge in [0, 0.05) is 31.9 Å². The lowest BCUT2D eigenvalue weighted by molar-refractivity contribution is -0.105. The Morgan fingerprint density at radius 2 is 1.73 bits per heavy atom. The first-order valence-electron chi connectivity index (χ1n) is 15.1. The van der Waals surface area contributed by atoms with Gasteiger partial charge in [-0.15, -0.1) is 11.6 Å². The van der Waals surface area contributed by atoms with Gasteiger partial charge in [0.05, 0.1) is 27.0 Å². The number of pyridine rings is 1. The van der Waals surface area contributed by atoms with Crippen molar-refractivity contribution in [3.05, 3.63) is 59.7 Å². The van der Waals surface area contributed by atoms with Crippen LogP contribution in [0, 0.1) is 17.7 Å². The van der Waals surface area contributed by atoms with Crippen LogP contribution in [0.1, 0.15) is 91.7 Å². The standard InChI is InChI=1S/C22H28FN3O2S.C10H19NO2.CH3Cl/c1-21(2,3)29(28)26-22(11-8-16-4-5-16,17-9-12-24-13-10-17)18-6-7-19(23)20(14-18)25-15-27;1-8-5-6-11(7-8)9(12)13-10(2,3)4;1-2/h6-7,9-10,12-16,26H,4-5,8,11H2,1-3H3,(H,25,27);8H,5-7H2,1-4H3;1H3. The summed E-state index contributed by atoms with van der Waals surface area (Å²) in [5.41, 5.74) is 0.604. The zero-order valence-electron chi connectivity index (χ0n) is 27.4. The molecule has 2 heterocycles. The van der Waals surface area contributed by atoms with Crippen LogP contribution in [-0.2, 0) is 26.1 Å². The largest absolute Gasteiger partial charge is 0.444 e. The van der Waals surface area contributed by atoms with E-state index in [1.165, 1.54) is 25.3 Å². The van der Waals surface area contributed by atoms with Crippen LogP contribution in [0.3, 0.4) is 0 Å². The smallest absolute Gasteiger partial charge is 0.410 e. The lowest BCUT2D eigenvalue weighted by Gasteiger charge is -2.38. The highest BCUT2D eigenvalue weighted by Crippen LogP contribution is 2.42. The molecule has 4 rings (SSSR count). The summed E-state index contributed by atoms with van der Waals surface area (Å²) >= 11 is 4.64. The Morgan fingerprint density at radius 3 is 2.23 bits per heavy atom. The molecule has 2 amide bonds. The first kappa shape index (κ1) is 37.6. The fraction of sp³-hybridized carbons (Fsp3) is 0.606. The van der Waals surface area contributed by atoms with Crippen LogP contribution in [0.25, 0.3) is 0 Å². The van der Waals surface area contributed by atoms with E-state index in [0.29, 0.717) is 24.7 Å². The van der Waals surface area contributed by atoms with E-state index < -0.39 is 27.1 Å².